The van der Waals surface area contributed by atoms with Crippen molar-refractivity contribution in [2.75, 3.05) is 0 Å². The zero-order valence-electron chi connectivity index (χ0n) is 6.42. The van der Waals surface area contributed by atoms with Crippen LogP contribution in [0.3, 0.4) is 0 Å². The molecular weight excluding hydrogens is 130 g/mol. The third-order valence-corrected chi connectivity index (χ3v) is 1.60. The average molecular weight is 141 g/mol. The molecule has 0 amide bonds. The van der Waals surface area contributed by atoms with E-state index in [1.807, 2.05) is 13.8 Å². The summed E-state index contributed by atoms with van der Waals surface area (Å²) in [6.07, 6.45) is 0.0545. The second-order valence-electron chi connectivity index (χ2n) is 2.55. The molecule has 3 heteroatoms. The lowest BCUT2D eigenvalue weighted by Crippen LogP contribution is -2.17. The highest BCUT2D eigenvalue weighted by molar-refractivity contribution is 6.35. The van der Waals surface area contributed by atoms with E-state index >= 15 is 0 Å². The van der Waals surface area contributed by atoms with Gasteiger partial charge in [0, 0.05) is 6.92 Å². The van der Waals surface area contributed by atoms with E-state index in [1.165, 1.54) is 6.92 Å². The van der Waals surface area contributed by atoms with Crippen molar-refractivity contribution in [3.8, 4) is 0 Å². The summed E-state index contributed by atoms with van der Waals surface area (Å²) in [5.41, 5.74) is 0. The molecule has 2 unspecified atom stereocenters. The molecule has 56 valence electrons. The van der Waals surface area contributed by atoms with Crippen molar-refractivity contribution in [3.05, 3.63) is 0 Å². The molecule has 10 heavy (non-hydrogen) atoms. The monoisotopic (exact) mass is 141 g/mol. The molecule has 1 aliphatic rings. The topological polar surface area (TPSA) is 38.7 Å². The number of hydrogen-bond donors (Lipinski definition) is 0. The van der Waals surface area contributed by atoms with E-state index in [1.54, 1.807) is 0 Å². The molecule has 0 saturated carbocycles. The maximum Gasteiger partial charge on any atom is 0.253 e. The quantitative estimate of drug-likeness (QED) is 0.541. The molecule has 0 aromatic heterocycles. The maximum absolute atomic E-state index is 10.7. The first-order valence-corrected chi connectivity index (χ1v) is 3.36. The standard InChI is InChI=1S/C7H11NO2/c1-4-6(3)10-7(8-4)5(2)9/h4,6H,1-3H3. The van der Waals surface area contributed by atoms with Crippen molar-refractivity contribution in [2.45, 2.75) is 32.9 Å². The van der Waals surface area contributed by atoms with Gasteiger partial charge in [0.25, 0.3) is 5.90 Å². The van der Waals surface area contributed by atoms with Crippen molar-refractivity contribution in [1.82, 2.24) is 0 Å². The Morgan fingerprint density at radius 1 is 1.60 bits per heavy atom. The van der Waals surface area contributed by atoms with Crippen LogP contribution in [0.1, 0.15) is 20.8 Å². The fraction of sp³-hybridized carbons (Fsp3) is 0.714. The van der Waals surface area contributed by atoms with Crippen molar-refractivity contribution >= 4 is 11.7 Å². The van der Waals surface area contributed by atoms with Crippen LogP contribution in [0.2, 0.25) is 0 Å². The Bertz CT molecular complexity index is 186. The van der Waals surface area contributed by atoms with E-state index in [-0.39, 0.29) is 23.8 Å². The molecule has 0 spiro atoms. The van der Waals surface area contributed by atoms with Gasteiger partial charge in [-0.3, -0.25) is 4.79 Å². The van der Waals surface area contributed by atoms with Gasteiger partial charge in [-0.25, -0.2) is 4.99 Å². The van der Waals surface area contributed by atoms with Gasteiger partial charge in [0.2, 0.25) is 5.78 Å². The normalized spacial score (nSPS) is 31.3. The molecule has 0 aromatic rings. The summed E-state index contributed by atoms with van der Waals surface area (Å²) >= 11 is 0. The first-order valence-electron chi connectivity index (χ1n) is 3.36. The van der Waals surface area contributed by atoms with E-state index < -0.39 is 0 Å². The number of rotatable bonds is 1. The Kier molecular flexibility index (Phi) is 1.74. The van der Waals surface area contributed by atoms with Crippen LogP contribution in [0.5, 0.6) is 0 Å². The third-order valence-electron chi connectivity index (χ3n) is 1.60. The molecular formula is C7H11NO2. The first kappa shape index (κ1) is 7.25. The van der Waals surface area contributed by atoms with Crippen LogP contribution in [0.15, 0.2) is 4.99 Å². The molecule has 3 nitrogen and oxygen atoms in total. The van der Waals surface area contributed by atoms with Gasteiger partial charge in [0.1, 0.15) is 6.10 Å². The number of hydrogen-bond acceptors (Lipinski definition) is 3. The molecule has 0 bridgehead atoms. The molecule has 0 aliphatic carbocycles. The lowest BCUT2D eigenvalue weighted by atomic mass is 10.2. The van der Waals surface area contributed by atoms with Crippen molar-refractivity contribution in [2.24, 2.45) is 4.99 Å². The Hall–Kier alpha value is -0.860. The molecule has 1 rings (SSSR count). The molecule has 0 N–H and O–H groups in total. The van der Waals surface area contributed by atoms with Crippen LogP contribution in [0, 0.1) is 0 Å². The molecule has 0 aromatic carbocycles. The maximum atomic E-state index is 10.7. The van der Waals surface area contributed by atoms with E-state index in [0.29, 0.717) is 0 Å². The zero-order valence-corrected chi connectivity index (χ0v) is 6.42. The van der Waals surface area contributed by atoms with Crippen molar-refractivity contribution in [1.29, 1.82) is 0 Å². The number of ether oxygens (including phenoxy) is 1. The molecule has 2 atom stereocenters. The Morgan fingerprint density at radius 2 is 2.20 bits per heavy atom. The summed E-state index contributed by atoms with van der Waals surface area (Å²) in [7, 11) is 0. The summed E-state index contributed by atoms with van der Waals surface area (Å²) in [4.78, 5) is 14.7. The number of carbonyl (C=O) groups excluding carboxylic acids is 1. The van der Waals surface area contributed by atoms with Crippen molar-refractivity contribution in [3.63, 3.8) is 0 Å². The lowest BCUT2D eigenvalue weighted by molar-refractivity contribution is -0.112. The van der Waals surface area contributed by atoms with Crippen LogP contribution >= 0.6 is 0 Å². The van der Waals surface area contributed by atoms with E-state index in [9.17, 15) is 4.79 Å². The van der Waals surface area contributed by atoms with Gasteiger partial charge in [0.15, 0.2) is 0 Å². The Balaban J connectivity index is 2.67. The minimum atomic E-state index is -0.0869. The number of nitrogens with zero attached hydrogens (tertiary/aromatic N) is 1. The van der Waals surface area contributed by atoms with Gasteiger partial charge in [-0.1, -0.05) is 0 Å². The minimum absolute atomic E-state index is 0.0545. The van der Waals surface area contributed by atoms with Gasteiger partial charge in [-0.15, -0.1) is 0 Å². The largest absolute Gasteiger partial charge is 0.470 e. The summed E-state index contributed by atoms with van der Waals surface area (Å²) in [5, 5.41) is 0. The SMILES string of the molecule is CC(=O)C1=NC(C)C(C)O1. The zero-order chi connectivity index (χ0) is 7.72. The Morgan fingerprint density at radius 3 is 2.40 bits per heavy atom. The van der Waals surface area contributed by atoms with Crippen LogP contribution in [0.4, 0.5) is 0 Å². The first-order chi connectivity index (χ1) is 4.61. The molecule has 0 radical (unpaired) electrons. The second kappa shape index (κ2) is 2.40. The smallest absolute Gasteiger partial charge is 0.253 e. The summed E-state index contributed by atoms with van der Waals surface area (Å²) in [5.74, 6) is 0.191. The summed E-state index contributed by atoms with van der Waals surface area (Å²) in [6.45, 7) is 5.30. The Labute approximate surface area is 60.1 Å². The number of Topliss-reactive ketones (excluding diaryl/α,β-unsaturated/α-hetero) is 1. The second-order valence-corrected chi connectivity index (χ2v) is 2.55. The highest BCUT2D eigenvalue weighted by Crippen LogP contribution is 2.12. The number of ketones is 1. The predicted molar refractivity (Wildman–Crippen MR) is 38.1 cm³/mol. The number of carbonyl (C=O) groups is 1. The average Bonchev–Trinajstić information content (AvgIpc) is 2.13. The highest BCUT2D eigenvalue weighted by Gasteiger charge is 2.24. The van der Waals surface area contributed by atoms with Gasteiger partial charge < -0.3 is 4.74 Å². The molecule has 1 heterocycles. The van der Waals surface area contributed by atoms with Gasteiger partial charge in [-0.2, -0.15) is 0 Å². The van der Waals surface area contributed by atoms with Gasteiger partial charge in [-0.05, 0) is 13.8 Å². The van der Waals surface area contributed by atoms with Crippen molar-refractivity contribution < 1.29 is 9.53 Å². The summed E-state index contributed by atoms with van der Waals surface area (Å²) in [6, 6.07) is 0.124. The van der Waals surface area contributed by atoms with Crippen LogP contribution < -0.4 is 0 Å². The van der Waals surface area contributed by atoms with E-state index in [2.05, 4.69) is 4.99 Å². The summed E-state index contributed by atoms with van der Waals surface area (Å²) < 4.78 is 5.14. The fourth-order valence-corrected chi connectivity index (χ4v) is 0.769. The van der Waals surface area contributed by atoms with Gasteiger partial charge >= 0.3 is 0 Å². The molecule has 1 aliphatic heterocycles. The minimum Gasteiger partial charge on any atom is -0.470 e. The van der Waals surface area contributed by atoms with E-state index in [4.69, 9.17) is 4.74 Å². The van der Waals surface area contributed by atoms with Crippen LogP contribution in [-0.2, 0) is 9.53 Å². The predicted octanol–water partition coefficient (Wildman–Crippen LogP) is 0.781. The van der Waals surface area contributed by atoms with Crippen LogP contribution in [-0.4, -0.2) is 23.8 Å². The molecule has 0 saturated heterocycles. The van der Waals surface area contributed by atoms with Gasteiger partial charge in [0.05, 0.1) is 6.04 Å². The lowest BCUT2D eigenvalue weighted by Gasteiger charge is -2.05. The van der Waals surface area contributed by atoms with E-state index in [0.717, 1.165) is 0 Å². The molecule has 0 fully saturated rings. The highest BCUT2D eigenvalue weighted by atomic mass is 16.5. The van der Waals surface area contributed by atoms with Crippen LogP contribution in [0.25, 0.3) is 0 Å². The number of aliphatic imine (C=N–C) groups is 1. The fourth-order valence-electron chi connectivity index (χ4n) is 0.769. The third kappa shape index (κ3) is 1.17.